The Morgan fingerprint density at radius 3 is 2.76 bits per heavy atom. The Morgan fingerprint density at radius 2 is 1.96 bits per heavy atom. The summed E-state index contributed by atoms with van der Waals surface area (Å²) in [7, 11) is 2.14. The van der Waals surface area contributed by atoms with E-state index in [0.717, 1.165) is 41.7 Å². The number of nitrogens with zero attached hydrogens (tertiary/aromatic N) is 3. The number of fused-ring (bicyclic) bond motifs is 1. The van der Waals surface area contributed by atoms with Crippen molar-refractivity contribution in [2.45, 2.75) is 18.9 Å². The molecule has 0 amide bonds. The zero-order chi connectivity index (χ0) is 17.2. The lowest BCUT2D eigenvalue weighted by molar-refractivity contribution is 0.260. The molecule has 1 saturated heterocycles. The molecule has 2 heterocycles. The molecule has 25 heavy (non-hydrogen) atoms. The molecule has 0 bridgehead atoms. The van der Waals surface area contributed by atoms with Crippen LogP contribution in [0.1, 0.15) is 12.8 Å². The molecular formula is C20H22N4O. The third-order valence-corrected chi connectivity index (χ3v) is 4.80. The van der Waals surface area contributed by atoms with Crippen LogP contribution < -0.4 is 5.32 Å². The molecular weight excluding hydrogens is 312 g/mol. The van der Waals surface area contributed by atoms with Gasteiger partial charge in [0.2, 0.25) is 0 Å². The molecule has 0 spiro atoms. The summed E-state index contributed by atoms with van der Waals surface area (Å²) < 4.78 is 0. The number of phenols is 1. The summed E-state index contributed by atoms with van der Waals surface area (Å²) in [5.74, 6) is 1.01. The van der Waals surface area contributed by atoms with E-state index in [-0.39, 0.29) is 5.75 Å². The lowest BCUT2D eigenvalue weighted by Gasteiger charge is -2.30. The van der Waals surface area contributed by atoms with Gasteiger partial charge in [-0.3, -0.25) is 0 Å². The Morgan fingerprint density at radius 1 is 1.08 bits per heavy atom. The fourth-order valence-corrected chi connectivity index (χ4v) is 3.57. The van der Waals surface area contributed by atoms with Gasteiger partial charge < -0.3 is 15.3 Å². The minimum Gasteiger partial charge on any atom is -0.507 e. The topological polar surface area (TPSA) is 61.3 Å². The lowest BCUT2D eigenvalue weighted by atomic mass is 10.0. The van der Waals surface area contributed by atoms with Crippen molar-refractivity contribution >= 4 is 16.6 Å². The summed E-state index contributed by atoms with van der Waals surface area (Å²) in [4.78, 5) is 2.33. The first kappa shape index (κ1) is 15.8. The molecule has 0 saturated carbocycles. The van der Waals surface area contributed by atoms with E-state index in [0.29, 0.717) is 11.7 Å². The Labute approximate surface area is 147 Å². The smallest absolute Gasteiger partial charge is 0.148 e. The highest BCUT2D eigenvalue weighted by Crippen LogP contribution is 2.35. The van der Waals surface area contributed by atoms with Crippen LogP contribution in [-0.2, 0) is 0 Å². The fourth-order valence-electron chi connectivity index (χ4n) is 3.57. The average Bonchev–Trinajstić information content (AvgIpc) is 2.63. The molecule has 5 nitrogen and oxygen atoms in total. The average molecular weight is 334 g/mol. The number of anilines is 1. The van der Waals surface area contributed by atoms with Crippen molar-refractivity contribution < 1.29 is 5.11 Å². The summed E-state index contributed by atoms with van der Waals surface area (Å²) in [6.07, 6.45) is 2.35. The molecule has 1 aliphatic heterocycles. The van der Waals surface area contributed by atoms with Crippen LogP contribution in [0.5, 0.6) is 5.75 Å². The van der Waals surface area contributed by atoms with E-state index in [2.05, 4.69) is 27.5 Å². The van der Waals surface area contributed by atoms with Gasteiger partial charge in [-0.05, 0) is 55.4 Å². The van der Waals surface area contributed by atoms with Gasteiger partial charge in [0.1, 0.15) is 11.6 Å². The predicted octanol–water partition coefficient (Wildman–Crippen LogP) is 3.51. The maximum Gasteiger partial charge on any atom is 0.148 e. The monoisotopic (exact) mass is 334 g/mol. The zero-order valence-corrected chi connectivity index (χ0v) is 14.3. The molecule has 128 valence electrons. The van der Waals surface area contributed by atoms with Crippen LogP contribution in [0.2, 0.25) is 0 Å². The van der Waals surface area contributed by atoms with E-state index < -0.39 is 0 Å². The van der Waals surface area contributed by atoms with Gasteiger partial charge >= 0.3 is 0 Å². The second kappa shape index (κ2) is 6.69. The molecule has 4 rings (SSSR count). The highest BCUT2D eigenvalue weighted by molar-refractivity contribution is 5.98. The minimum absolute atomic E-state index is 0.225. The van der Waals surface area contributed by atoms with Crippen molar-refractivity contribution in [3.63, 3.8) is 0 Å². The van der Waals surface area contributed by atoms with Gasteiger partial charge in [0.25, 0.3) is 0 Å². The van der Waals surface area contributed by atoms with E-state index in [9.17, 15) is 5.11 Å². The third kappa shape index (κ3) is 3.28. The number of benzene rings is 2. The van der Waals surface area contributed by atoms with Crippen molar-refractivity contribution in [1.29, 1.82) is 0 Å². The summed E-state index contributed by atoms with van der Waals surface area (Å²) in [6, 6.07) is 15.9. The highest BCUT2D eigenvalue weighted by Gasteiger charge is 2.17. The Kier molecular flexibility index (Phi) is 4.24. The van der Waals surface area contributed by atoms with Crippen molar-refractivity contribution in [3.05, 3.63) is 48.5 Å². The molecule has 0 radical (unpaired) electrons. The Hall–Kier alpha value is -2.66. The molecule has 2 aromatic carbocycles. The SMILES string of the molecule is CN1CCC[C@@H](Nc2ccc(-c3c(O)ccc4ccccc34)nn2)C1. The zero-order valence-electron chi connectivity index (χ0n) is 14.3. The van der Waals surface area contributed by atoms with Gasteiger partial charge in [0.15, 0.2) is 0 Å². The van der Waals surface area contributed by atoms with Crippen LogP contribution in [-0.4, -0.2) is 46.4 Å². The number of hydrogen-bond acceptors (Lipinski definition) is 5. The third-order valence-electron chi connectivity index (χ3n) is 4.80. The molecule has 5 heteroatoms. The molecule has 1 aliphatic rings. The first-order chi connectivity index (χ1) is 12.2. The van der Waals surface area contributed by atoms with Gasteiger partial charge in [-0.15, -0.1) is 10.2 Å². The van der Waals surface area contributed by atoms with Crippen LogP contribution >= 0.6 is 0 Å². The van der Waals surface area contributed by atoms with Crippen molar-refractivity contribution in [1.82, 2.24) is 15.1 Å². The second-order valence-electron chi connectivity index (χ2n) is 6.73. The van der Waals surface area contributed by atoms with Crippen LogP contribution in [0.4, 0.5) is 5.82 Å². The second-order valence-corrected chi connectivity index (χ2v) is 6.73. The molecule has 0 aliphatic carbocycles. The van der Waals surface area contributed by atoms with E-state index in [4.69, 9.17) is 0 Å². The van der Waals surface area contributed by atoms with Crippen LogP contribution in [0.15, 0.2) is 48.5 Å². The number of phenolic OH excluding ortho intramolecular Hbond substituents is 1. The maximum absolute atomic E-state index is 10.3. The number of rotatable bonds is 3. The van der Waals surface area contributed by atoms with E-state index >= 15 is 0 Å². The number of likely N-dealkylation sites (N-methyl/N-ethyl adjacent to an activating group) is 1. The number of piperidine rings is 1. The van der Waals surface area contributed by atoms with E-state index in [1.54, 1.807) is 6.07 Å². The van der Waals surface area contributed by atoms with Crippen LogP contribution in [0.3, 0.4) is 0 Å². The summed E-state index contributed by atoms with van der Waals surface area (Å²) in [5.41, 5.74) is 1.41. The van der Waals surface area contributed by atoms with Gasteiger partial charge in [0, 0.05) is 12.6 Å². The number of aromatic hydroxyl groups is 1. The first-order valence-corrected chi connectivity index (χ1v) is 8.70. The molecule has 3 aromatic rings. The molecule has 1 atom stereocenters. The Bertz CT molecular complexity index is 879. The van der Waals surface area contributed by atoms with Crippen molar-refractivity contribution in [2.24, 2.45) is 0 Å². The standard InChI is InChI=1S/C20H22N4O/c1-24-12-4-6-15(13-24)21-19-11-9-17(22-23-19)20-16-7-3-2-5-14(16)8-10-18(20)25/h2-3,5,7-11,15,25H,4,6,12-13H2,1H3,(H,21,23)/t15-/m1/s1. The number of nitrogens with one attached hydrogen (secondary N) is 1. The minimum atomic E-state index is 0.225. The quantitative estimate of drug-likeness (QED) is 0.767. The van der Waals surface area contributed by atoms with E-state index in [1.165, 1.54) is 6.42 Å². The van der Waals surface area contributed by atoms with Gasteiger partial charge in [0.05, 0.1) is 11.3 Å². The summed E-state index contributed by atoms with van der Waals surface area (Å²) >= 11 is 0. The van der Waals surface area contributed by atoms with Gasteiger partial charge in [-0.1, -0.05) is 30.3 Å². The van der Waals surface area contributed by atoms with E-state index in [1.807, 2.05) is 42.5 Å². The van der Waals surface area contributed by atoms with Crippen molar-refractivity contribution in [3.8, 4) is 17.0 Å². The van der Waals surface area contributed by atoms with Gasteiger partial charge in [-0.2, -0.15) is 0 Å². The fraction of sp³-hybridized carbons (Fsp3) is 0.300. The first-order valence-electron chi connectivity index (χ1n) is 8.70. The summed E-state index contributed by atoms with van der Waals surface area (Å²) in [5, 5.41) is 24.5. The number of hydrogen-bond donors (Lipinski definition) is 2. The molecule has 0 unspecified atom stereocenters. The van der Waals surface area contributed by atoms with Crippen LogP contribution in [0, 0.1) is 0 Å². The maximum atomic E-state index is 10.3. The Balaban J connectivity index is 1.61. The normalized spacial score (nSPS) is 18.4. The lowest BCUT2D eigenvalue weighted by Crippen LogP contribution is -2.39. The van der Waals surface area contributed by atoms with Crippen LogP contribution in [0.25, 0.3) is 22.0 Å². The van der Waals surface area contributed by atoms with Gasteiger partial charge in [-0.25, -0.2) is 0 Å². The molecule has 1 aromatic heterocycles. The number of likely N-dealkylation sites (tertiary alicyclic amines) is 1. The van der Waals surface area contributed by atoms with Crippen molar-refractivity contribution in [2.75, 3.05) is 25.5 Å². The number of aromatic nitrogens is 2. The largest absolute Gasteiger partial charge is 0.507 e. The highest BCUT2D eigenvalue weighted by atomic mass is 16.3. The molecule has 1 fully saturated rings. The predicted molar refractivity (Wildman–Crippen MR) is 101 cm³/mol. The summed E-state index contributed by atoms with van der Waals surface area (Å²) in [6.45, 7) is 2.18. The molecule has 2 N–H and O–H groups in total.